The molecule has 0 aliphatic rings. The van der Waals surface area contributed by atoms with Crippen LogP contribution in [0.5, 0.6) is 11.5 Å². The zero-order chi connectivity index (χ0) is 19.6. The number of carbonyl (C=O) groups is 2. The standard InChI is InChI=1S/C18H19N3O4S2/c1-24-14-6-3-7-15(25-2)13(14)8-9-16(22)19-18(26)21-20-17(23)11-12-5-4-10-27-12/h3-10H,11H2,1-2H3,(H,20,23)(H2,19,21,22,26)/b9-8+. The summed E-state index contributed by atoms with van der Waals surface area (Å²) in [7, 11) is 3.06. The van der Waals surface area contributed by atoms with Crippen LogP contribution < -0.4 is 25.6 Å². The molecule has 2 aromatic rings. The summed E-state index contributed by atoms with van der Waals surface area (Å²) in [5, 5.41) is 4.32. The summed E-state index contributed by atoms with van der Waals surface area (Å²) in [4.78, 5) is 24.7. The van der Waals surface area contributed by atoms with Crippen LogP contribution in [0.15, 0.2) is 41.8 Å². The van der Waals surface area contributed by atoms with Gasteiger partial charge in [0.15, 0.2) is 5.11 Å². The van der Waals surface area contributed by atoms with Gasteiger partial charge in [-0.3, -0.25) is 25.8 Å². The summed E-state index contributed by atoms with van der Waals surface area (Å²) in [5.74, 6) is 0.413. The number of thiocarbonyl (C=S) groups is 1. The largest absolute Gasteiger partial charge is 0.496 e. The van der Waals surface area contributed by atoms with E-state index in [1.807, 2.05) is 17.5 Å². The fraction of sp³-hybridized carbons (Fsp3) is 0.167. The monoisotopic (exact) mass is 405 g/mol. The van der Waals surface area contributed by atoms with Crippen LogP contribution in [0.1, 0.15) is 10.4 Å². The van der Waals surface area contributed by atoms with Crippen LogP contribution in [0, 0.1) is 0 Å². The zero-order valence-electron chi connectivity index (χ0n) is 14.8. The Morgan fingerprint density at radius 2 is 1.81 bits per heavy atom. The molecule has 2 rings (SSSR count). The fourth-order valence-electron chi connectivity index (χ4n) is 2.13. The number of hydrogen-bond acceptors (Lipinski definition) is 6. The van der Waals surface area contributed by atoms with Crippen LogP contribution in [0.4, 0.5) is 0 Å². The van der Waals surface area contributed by atoms with Gasteiger partial charge >= 0.3 is 0 Å². The minimum absolute atomic E-state index is 0.0174. The second-order valence-corrected chi connectivity index (χ2v) is 6.60. The van der Waals surface area contributed by atoms with E-state index >= 15 is 0 Å². The lowest BCUT2D eigenvalue weighted by atomic mass is 10.1. The van der Waals surface area contributed by atoms with Crippen molar-refractivity contribution in [1.29, 1.82) is 0 Å². The van der Waals surface area contributed by atoms with E-state index in [0.29, 0.717) is 17.1 Å². The molecule has 0 spiro atoms. The SMILES string of the molecule is COc1cccc(OC)c1/C=C/C(=O)NC(=S)NNC(=O)Cc1cccs1. The number of ether oxygens (including phenoxy) is 2. The second kappa shape index (κ2) is 10.3. The molecule has 9 heteroatoms. The Labute approximate surface area is 166 Å². The Bertz CT molecular complexity index is 813. The maximum absolute atomic E-state index is 12.0. The van der Waals surface area contributed by atoms with Crippen LogP contribution in [0.2, 0.25) is 0 Å². The molecule has 142 valence electrons. The van der Waals surface area contributed by atoms with Gasteiger partial charge in [0.1, 0.15) is 11.5 Å². The van der Waals surface area contributed by atoms with Crippen molar-refractivity contribution in [3.8, 4) is 11.5 Å². The van der Waals surface area contributed by atoms with Gasteiger partial charge in [0.25, 0.3) is 0 Å². The average molecular weight is 406 g/mol. The highest BCUT2D eigenvalue weighted by Gasteiger charge is 2.08. The van der Waals surface area contributed by atoms with Gasteiger partial charge in [-0.2, -0.15) is 0 Å². The Morgan fingerprint density at radius 1 is 1.11 bits per heavy atom. The molecule has 0 radical (unpaired) electrons. The third-order valence-corrected chi connectivity index (χ3v) is 4.41. The number of hydrogen-bond donors (Lipinski definition) is 3. The first-order chi connectivity index (χ1) is 13.0. The number of benzene rings is 1. The lowest BCUT2D eigenvalue weighted by Gasteiger charge is -2.10. The number of amides is 2. The Balaban J connectivity index is 1.85. The molecular weight excluding hydrogens is 386 g/mol. The van der Waals surface area contributed by atoms with Gasteiger partial charge in [-0.05, 0) is 41.9 Å². The minimum Gasteiger partial charge on any atom is -0.496 e. The second-order valence-electron chi connectivity index (χ2n) is 5.16. The van der Waals surface area contributed by atoms with Gasteiger partial charge in [0.05, 0.1) is 26.2 Å². The molecule has 7 nitrogen and oxygen atoms in total. The molecule has 0 unspecified atom stereocenters. The van der Waals surface area contributed by atoms with Crippen LogP contribution in [-0.2, 0) is 16.0 Å². The highest BCUT2D eigenvalue weighted by molar-refractivity contribution is 7.80. The van der Waals surface area contributed by atoms with Crippen molar-refractivity contribution >= 4 is 46.6 Å². The van der Waals surface area contributed by atoms with E-state index in [-0.39, 0.29) is 17.4 Å². The first-order valence-electron chi connectivity index (χ1n) is 7.84. The van der Waals surface area contributed by atoms with E-state index in [1.165, 1.54) is 31.6 Å². The minimum atomic E-state index is -0.465. The third kappa shape index (κ3) is 6.39. The summed E-state index contributed by atoms with van der Waals surface area (Å²) in [6.07, 6.45) is 3.08. The van der Waals surface area contributed by atoms with E-state index in [2.05, 4.69) is 16.2 Å². The third-order valence-electron chi connectivity index (χ3n) is 3.33. The summed E-state index contributed by atoms with van der Waals surface area (Å²) in [6.45, 7) is 0. The predicted octanol–water partition coefficient (Wildman–Crippen LogP) is 2.04. The molecule has 27 heavy (non-hydrogen) atoms. The van der Waals surface area contributed by atoms with Crippen molar-refractivity contribution in [1.82, 2.24) is 16.2 Å². The molecule has 2 amide bonds. The van der Waals surface area contributed by atoms with E-state index < -0.39 is 5.91 Å². The molecule has 0 bridgehead atoms. The van der Waals surface area contributed by atoms with Gasteiger partial charge in [0, 0.05) is 11.0 Å². The van der Waals surface area contributed by atoms with Crippen LogP contribution in [0.3, 0.4) is 0 Å². The van der Waals surface area contributed by atoms with Gasteiger partial charge in [-0.25, -0.2) is 0 Å². The molecule has 0 aliphatic heterocycles. The maximum atomic E-state index is 12.0. The van der Waals surface area contributed by atoms with E-state index in [4.69, 9.17) is 21.7 Å². The smallest absolute Gasteiger partial charge is 0.250 e. The van der Waals surface area contributed by atoms with Gasteiger partial charge in [0.2, 0.25) is 11.8 Å². The van der Waals surface area contributed by atoms with Gasteiger partial charge in [-0.1, -0.05) is 12.1 Å². The molecule has 0 saturated carbocycles. The summed E-state index contributed by atoms with van der Waals surface area (Å²) in [5.41, 5.74) is 5.55. The van der Waals surface area contributed by atoms with Crippen molar-refractivity contribution in [3.63, 3.8) is 0 Å². The van der Waals surface area contributed by atoms with Crippen LogP contribution >= 0.6 is 23.6 Å². The number of hydrazine groups is 1. The highest BCUT2D eigenvalue weighted by atomic mass is 32.1. The summed E-state index contributed by atoms with van der Waals surface area (Å²) in [6, 6.07) is 9.04. The number of methoxy groups -OCH3 is 2. The van der Waals surface area contributed by atoms with Crippen molar-refractivity contribution in [3.05, 3.63) is 52.2 Å². The number of rotatable bonds is 6. The van der Waals surface area contributed by atoms with E-state index in [0.717, 1.165) is 4.88 Å². The number of nitrogens with one attached hydrogen (secondary N) is 3. The van der Waals surface area contributed by atoms with Crippen LogP contribution in [0.25, 0.3) is 6.08 Å². The van der Waals surface area contributed by atoms with Crippen LogP contribution in [-0.4, -0.2) is 31.1 Å². The molecule has 1 aromatic heterocycles. The lowest BCUT2D eigenvalue weighted by Crippen LogP contribution is -2.48. The quantitative estimate of drug-likeness (QED) is 0.387. The maximum Gasteiger partial charge on any atom is 0.250 e. The Kier molecular flexibility index (Phi) is 7.78. The molecule has 0 fully saturated rings. The zero-order valence-corrected chi connectivity index (χ0v) is 16.4. The van der Waals surface area contributed by atoms with Crippen molar-refractivity contribution in [2.45, 2.75) is 6.42 Å². The van der Waals surface area contributed by atoms with Crippen molar-refractivity contribution in [2.75, 3.05) is 14.2 Å². The van der Waals surface area contributed by atoms with E-state index in [1.54, 1.807) is 24.3 Å². The molecule has 3 N–H and O–H groups in total. The molecule has 0 saturated heterocycles. The predicted molar refractivity (Wildman–Crippen MR) is 109 cm³/mol. The summed E-state index contributed by atoms with van der Waals surface area (Å²) < 4.78 is 10.5. The topological polar surface area (TPSA) is 88.7 Å². The average Bonchev–Trinajstić information content (AvgIpc) is 3.17. The highest BCUT2D eigenvalue weighted by Crippen LogP contribution is 2.29. The van der Waals surface area contributed by atoms with Gasteiger partial charge in [-0.15, -0.1) is 11.3 Å². The molecule has 0 aliphatic carbocycles. The molecule has 0 atom stereocenters. The molecule has 1 aromatic carbocycles. The van der Waals surface area contributed by atoms with Crippen molar-refractivity contribution in [2.24, 2.45) is 0 Å². The number of carbonyl (C=O) groups excluding carboxylic acids is 2. The molecular formula is C18H19N3O4S2. The van der Waals surface area contributed by atoms with Gasteiger partial charge < -0.3 is 9.47 Å². The van der Waals surface area contributed by atoms with Crippen molar-refractivity contribution < 1.29 is 19.1 Å². The summed E-state index contributed by atoms with van der Waals surface area (Å²) >= 11 is 6.47. The Morgan fingerprint density at radius 3 is 2.41 bits per heavy atom. The number of thiophene rings is 1. The Hall–Kier alpha value is -2.91. The van der Waals surface area contributed by atoms with E-state index in [9.17, 15) is 9.59 Å². The fourth-order valence-corrected chi connectivity index (χ4v) is 2.99. The first-order valence-corrected chi connectivity index (χ1v) is 9.13. The lowest BCUT2D eigenvalue weighted by molar-refractivity contribution is -0.121. The molecule has 1 heterocycles. The normalized spacial score (nSPS) is 10.3. The first kappa shape index (κ1) is 20.4.